The average molecular weight is 246 g/mol. The van der Waals surface area contributed by atoms with Crippen molar-refractivity contribution in [3.8, 4) is 0 Å². The molecule has 0 bridgehead atoms. The lowest BCUT2D eigenvalue weighted by atomic mass is 9.91. The minimum Gasteiger partial charge on any atom is -0.398 e. The van der Waals surface area contributed by atoms with E-state index in [4.69, 9.17) is 5.73 Å². The van der Waals surface area contributed by atoms with Crippen LogP contribution in [0.4, 0.5) is 10.1 Å². The molecular formula is C15H19FN2. The molecule has 2 nitrogen and oxygen atoms in total. The normalized spacial score (nSPS) is 13.6. The van der Waals surface area contributed by atoms with Crippen LogP contribution in [0.2, 0.25) is 0 Å². The van der Waals surface area contributed by atoms with Crippen molar-refractivity contribution in [3.63, 3.8) is 0 Å². The second-order valence-electron chi connectivity index (χ2n) is 3.98. The van der Waals surface area contributed by atoms with E-state index < -0.39 is 0 Å². The molecule has 0 aliphatic heterocycles. The number of benzene rings is 1. The monoisotopic (exact) mass is 246 g/mol. The van der Waals surface area contributed by atoms with Gasteiger partial charge in [0.25, 0.3) is 0 Å². The summed E-state index contributed by atoms with van der Waals surface area (Å²) in [6.07, 6.45) is 7.25. The number of nitrogens with two attached hydrogens (primary N) is 1. The molecule has 3 N–H and O–H groups in total. The zero-order valence-corrected chi connectivity index (χ0v) is 10.8. The highest BCUT2D eigenvalue weighted by atomic mass is 19.1. The molecule has 18 heavy (non-hydrogen) atoms. The zero-order chi connectivity index (χ0) is 13.5. The molecule has 1 aromatic rings. The van der Waals surface area contributed by atoms with E-state index in [-0.39, 0.29) is 11.7 Å². The number of hydrogen-bond acceptors (Lipinski definition) is 2. The number of halogens is 1. The Morgan fingerprint density at radius 2 is 2.22 bits per heavy atom. The van der Waals surface area contributed by atoms with Crippen LogP contribution in [0.3, 0.4) is 0 Å². The minimum absolute atomic E-state index is 0.134. The van der Waals surface area contributed by atoms with Gasteiger partial charge in [0.15, 0.2) is 0 Å². The van der Waals surface area contributed by atoms with Crippen molar-refractivity contribution in [3.05, 3.63) is 66.2 Å². The van der Waals surface area contributed by atoms with Crippen LogP contribution in [0.25, 0.3) is 0 Å². The molecule has 0 aromatic heterocycles. The van der Waals surface area contributed by atoms with Gasteiger partial charge in [0.2, 0.25) is 0 Å². The molecule has 0 aliphatic rings. The van der Waals surface area contributed by atoms with E-state index in [1.54, 1.807) is 24.4 Å². The van der Waals surface area contributed by atoms with Crippen LogP contribution in [0.5, 0.6) is 0 Å². The Balaban J connectivity index is 3.11. The maximum Gasteiger partial charge on any atom is 0.129 e. The summed E-state index contributed by atoms with van der Waals surface area (Å²) >= 11 is 0. The Kier molecular flexibility index (Phi) is 5.18. The molecule has 1 unspecified atom stereocenters. The third-order valence-electron chi connectivity index (χ3n) is 2.81. The van der Waals surface area contributed by atoms with Gasteiger partial charge in [-0.25, -0.2) is 4.39 Å². The van der Waals surface area contributed by atoms with Gasteiger partial charge in [-0.15, -0.1) is 0 Å². The Labute approximate surface area is 108 Å². The first-order chi connectivity index (χ1) is 8.61. The highest BCUT2D eigenvalue weighted by Crippen LogP contribution is 2.31. The Bertz CT molecular complexity index is 455. The van der Waals surface area contributed by atoms with Gasteiger partial charge in [0, 0.05) is 24.2 Å². The van der Waals surface area contributed by atoms with Gasteiger partial charge in [-0.05, 0) is 30.0 Å². The Hall–Kier alpha value is -2.03. The van der Waals surface area contributed by atoms with Crippen molar-refractivity contribution in [2.75, 3.05) is 12.8 Å². The molecule has 0 saturated carbocycles. The van der Waals surface area contributed by atoms with Crippen molar-refractivity contribution < 1.29 is 4.39 Å². The molecular weight excluding hydrogens is 227 g/mol. The van der Waals surface area contributed by atoms with Gasteiger partial charge in [0.05, 0.1) is 0 Å². The number of allylic oxidation sites excluding steroid dienone is 4. The predicted molar refractivity (Wildman–Crippen MR) is 75.7 cm³/mol. The van der Waals surface area contributed by atoms with E-state index in [0.717, 1.165) is 5.57 Å². The molecule has 0 heterocycles. The molecule has 0 amide bonds. The molecule has 0 spiro atoms. The molecule has 1 rings (SSSR count). The van der Waals surface area contributed by atoms with Crippen LogP contribution in [-0.2, 0) is 0 Å². The number of hydrogen-bond donors (Lipinski definition) is 2. The maximum absolute atomic E-state index is 13.8. The Morgan fingerprint density at radius 3 is 2.78 bits per heavy atom. The molecule has 1 atom stereocenters. The van der Waals surface area contributed by atoms with Gasteiger partial charge in [-0.1, -0.05) is 31.7 Å². The van der Waals surface area contributed by atoms with E-state index in [1.165, 1.54) is 6.07 Å². The van der Waals surface area contributed by atoms with Gasteiger partial charge < -0.3 is 11.1 Å². The first kappa shape index (κ1) is 14.0. The van der Waals surface area contributed by atoms with Crippen molar-refractivity contribution in [1.82, 2.24) is 5.32 Å². The number of nitrogens with one attached hydrogen (secondary N) is 1. The summed E-state index contributed by atoms with van der Waals surface area (Å²) in [5.41, 5.74) is 7.73. The first-order valence-corrected chi connectivity index (χ1v) is 5.82. The third kappa shape index (κ3) is 3.23. The lowest BCUT2D eigenvalue weighted by Gasteiger charge is -2.16. The largest absolute Gasteiger partial charge is 0.398 e. The summed E-state index contributed by atoms with van der Waals surface area (Å²) in [6, 6.07) is 4.74. The van der Waals surface area contributed by atoms with E-state index >= 15 is 0 Å². The number of rotatable bonds is 5. The Morgan fingerprint density at radius 1 is 1.50 bits per heavy atom. The van der Waals surface area contributed by atoms with Gasteiger partial charge in [-0.3, -0.25) is 0 Å². The van der Waals surface area contributed by atoms with Crippen molar-refractivity contribution >= 4 is 5.69 Å². The highest BCUT2D eigenvalue weighted by Gasteiger charge is 2.15. The van der Waals surface area contributed by atoms with Crippen molar-refractivity contribution in [1.29, 1.82) is 0 Å². The van der Waals surface area contributed by atoms with Crippen LogP contribution < -0.4 is 11.1 Å². The molecule has 3 heteroatoms. The fourth-order valence-electron chi connectivity index (χ4n) is 1.82. The molecule has 0 fully saturated rings. The van der Waals surface area contributed by atoms with E-state index in [9.17, 15) is 4.39 Å². The summed E-state index contributed by atoms with van der Waals surface area (Å²) in [5, 5.41) is 2.89. The fraction of sp³-hybridized carbons (Fsp3) is 0.200. The standard InChI is InChI=1S/C15H19FN2/c1-4-12(7-6-10-18-3)11(2)15-13(16)8-5-9-14(15)17/h4-11,18H,1,17H2,2-3H3/b10-6-,12-7+. The van der Waals surface area contributed by atoms with E-state index in [2.05, 4.69) is 11.9 Å². The topological polar surface area (TPSA) is 38.0 Å². The van der Waals surface area contributed by atoms with Crippen molar-refractivity contribution in [2.24, 2.45) is 0 Å². The highest BCUT2D eigenvalue weighted by molar-refractivity contribution is 5.52. The minimum atomic E-state index is -0.284. The van der Waals surface area contributed by atoms with Crippen LogP contribution in [0.1, 0.15) is 18.4 Å². The van der Waals surface area contributed by atoms with Crippen LogP contribution in [0.15, 0.2) is 54.8 Å². The van der Waals surface area contributed by atoms with Gasteiger partial charge >= 0.3 is 0 Å². The fourth-order valence-corrected chi connectivity index (χ4v) is 1.82. The average Bonchev–Trinajstić information content (AvgIpc) is 2.34. The predicted octanol–water partition coefficient (Wildman–Crippen LogP) is 3.36. The quantitative estimate of drug-likeness (QED) is 0.617. The first-order valence-electron chi connectivity index (χ1n) is 5.82. The van der Waals surface area contributed by atoms with Crippen LogP contribution in [0, 0.1) is 5.82 Å². The van der Waals surface area contributed by atoms with E-state index in [1.807, 2.05) is 26.1 Å². The molecule has 96 valence electrons. The summed E-state index contributed by atoms with van der Waals surface area (Å²) in [7, 11) is 1.82. The SMILES string of the molecule is C=C/C(=C\C=C/NC)C(C)c1c(N)cccc1F. The second-order valence-corrected chi connectivity index (χ2v) is 3.98. The lowest BCUT2D eigenvalue weighted by molar-refractivity contribution is 0.604. The molecule has 0 radical (unpaired) electrons. The molecule has 0 saturated heterocycles. The molecule has 1 aromatic carbocycles. The van der Waals surface area contributed by atoms with Crippen molar-refractivity contribution in [2.45, 2.75) is 12.8 Å². The third-order valence-corrected chi connectivity index (χ3v) is 2.81. The smallest absolute Gasteiger partial charge is 0.129 e. The molecule has 0 aliphatic carbocycles. The van der Waals surface area contributed by atoms with Gasteiger partial charge in [0.1, 0.15) is 5.82 Å². The zero-order valence-electron chi connectivity index (χ0n) is 10.8. The van der Waals surface area contributed by atoms with Crippen LogP contribution >= 0.6 is 0 Å². The van der Waals surface area contributed by atoms with E-state index in [0.29, 0.717) is 11.3 Å². The van der Waals surface area contributed by atoms with Crippen LogP contribution in [-0.4, -0.2) is 7.05 Å². The summed E-state index contributed by atoms with van der Waals surface area (Å²) in [6.45, 7) is 5.67. The maximum atomic E-state index is 13.8. The number of anilines is 1. The summed E-state index contributed by atoms with van der Waals surface area (Å²) < 4.78 is 13.8. The summed E-state index contributed by atoms with van der Waals surface area (Å²) in [5.74, 6) is -0.418. The second kappa shape index (κ2) is 6.64. The summed E-state index contributed by atoms with van der Waals surface area (Å²) in [4.78, 5) is 0. The lowest BCUT2D eigenvalue weighted by Crippen LogP contribution is -2.04. The number of nitrogen functional groups attached to an aromatic ring is 1. The van der Waals surface area contributed by atoms with Gasteiger partial charge in [-0.2, -0.15) is 0 Å².